The second-order valence-electron chi connectivity index (χ2n) is 7.92. The van der Waals surface area contributed by atoms with Gasteiger partial charge in [0.1, 0.15) is 5.75 Å². The van der Waals surface area contributed by atoms with Crippen molar-refractivity contribution in [1.82, 2.24) is 10.6 Å². The van der Waals surface area contributed by atoms with E-state index in [-0.39, 0.29) is 35.4 Å². The topological polar surface area (TPSA) is 204 Å². The summed E-state index contributed by atoms with van der Waals surface area (Å²) in [5, 5.41) is 20.6. The van der Waals surface area contributed by atoms with Crippen LogP contribution >= 0.6 is 53.4 Å². The Morgan fingerprint density at radius 2 is 1.38 bits per heavy atom. The van der Waals surface area contributed by atoms with Crippen LogP contribution in [-0.4, -0.2) is 66.6 Å². The third kappa shape index (κ3) is 12.1. The maximum atomic E-state index is 12.3. The highest BCUT2D eigenvalue weighted by atomic mass is 79.9. The van der Waals surface area contributed by atoms with Gasteiger partial charge in [0.2, 0.25) is 11.8 Å². The number of hydrogen-bond acceptors (Lipinski definition) is 13. The lowest BCUT2D eigenvalue weighted by Crippen LogP contribution is -2.36. The van der Waals surface area contributed by atoms with E-state index in [4.69, 9.17) is 0 Å². The summed E-state index contributed by atoms with van der Waals surface area (Å²) in [5.74, 6) is -0.235. The number of amides is 2. The van der Waals surface area contributed by atoms with Gasteiger partial charge in [0.15, 0.2) is 17.8 Å². The van der Waals surface area contributed by atoms with Crippen LogP contribution in [0.3, 0.4) is 0 Å². The first-order valence-electron chi connectivity index (χ1n) is 11.3. The fraction of sp³-hybridized carbons (Fsp3) is 0.364. The standard InChI is InChI=1S/C22H24Br2N4O9S3/c23-15-9-13(1-3-19(15)29)11-17(27-32)21(30)25-5-7-38-39-8-6-26-22(31)18(28-33)12-14-2-4-20(16(24)10-14)37-40(34,35)36/h1-4,9-10,17-18,29H,5-8,11-12H2,(H,25,30)(H,26,31)(H,34,35,36)/p-1. The molecule has 0 saturated heterocycles. The van der Waals surface area contributed by atoms with E-state index >= 15 is 0 Å². The Hall–Kier alpha value is -2.25. The van der Waals surface area contributed by atoms with Crippen LogP contribution < -0.4 is 14.8 Å². The van der Waals surface area contributed by atoms with Crippen LogP contribution in [0.5, 0.6) is 11.5 Å². The van der Waals surface area contributed by atoms with E-state index in [1.807, 2.05) is 0 Å². The predicted octanol–water partition coefficient (Wildman–Crippen LogP) is 3.43. The van der Waals surface area contributed by atoms with E-state index in [2.05, 4.69) is 57.0 Å². The molecule has 0 saturated carbocycles. The number of aromatic hydroxyl groups is 1. The zero-order valence-electron chi connectivity index (χ0n) is 20.4. The molecule has 0 aromatic heterocycles. The van der Waals surface area contributed by atoms with E-state index in [0.29, 0.717) is 33.7 Å². The number of halogens is 2. The molecule has 2 rings (SSSR count). The highest BCUT2D eigenvalue weighted by Gasteiger charge is 2.21. The van der Waals surface area contributed by atoms with Crippen LogP contribution in [0.15, 0.2) is 55.7 Å². The van der Waals surface area contributed by atoms with E-state index in [9.17, 15) is 37.5 Å². The molecule has 0 aliphatic carbocycles. The molecule has 3 N–H and O–H groups in total. The van der Waals surface area contributed by atoms with Gasteiger partial charge in [-0.1, -0.05) is 44.1 Å². The maximum absolute atomic E-state index is 12.3. The zero-order valence-corrected chi connectivity index (χ0v) is 26.1. The number of nitroso groups, excluding NO2 is 2. The van der Waals surface area contributed by atoms with Gasteiger partial charge in [-0.15, -0.1) is 9.81 Å². The molecule has 2 unspecified atom stereocenters. The molecule has 18 heteroatoms. The number of phenolic OH excluding ortho intramolecular Hbond substituents is 1. The van der Waals surface area contributed by atoms with Gasteiger partial charge in [0.25, 0.3) is 10.4 Å². The Balaban J connectivity index is 1.65. The normalized spacial score (nSPS) is 12.7. The molecule has 13 nitrogen and oxygen atoms in total. The predicted molar refractivity (Wildman–Crippen MR) is 158 cm³/mol. The smallest absolute Gasteiger partial charge is 0.262 e. The number of hydrogen-bond donors (Lipinski definition) is 3. The van der Waals surface area contributed by atoms with E-state index < -0.39 is 34.3 Å². The maximum Gasteiger partial charge on any atom is 0.262 e. The van der Waals surface area contributed by atoms with Gasteiger partial charge in [0, 0.05) is 37.4 Å². The zero-order chi connectivity index (χ0) is 29.7. The van der Waals surface area contributed by atoms with Crippen LogP contribution in [0, 0.1) is 9.81 Å². The fourth-order valence-corrected chi connectivity index (χ4v) is 6.33. The van der Waals surface area contributed by atoms with Crippen LogP contribution in [-0.2, 0) is 32.8 Å². The number of nitrogens with zero attached hydrogens (tertiary/aromatic N) is 2. The van der Waals surface area contributed by atoms with Crippen LogP contribution in [0.25, 0.3) is 0 Å². The summed E-state index contributed by atoms with van der Waals surface area (Å²) < 4.78 is 37.1. The lowest BCUT2D eigenvalue weighted by atomic mass is 10.1. The molecular weight excluding hydrogens is 720 g/mol. The van der Waals surface area contributed by atoms with Crippen molar-refractivity contribution in [3.8, 4) is 11.5 Å². The largest absolute Gasteiger partial charge is 0.716 e. The monoisotopic (exact) mass is 741 g/mol. The average molecular weight is 743 g/mol. The summed E-state index contributed by atoms with van der Waals surface area (Å²) in [4.78, 5) is 46.9. The highest BCUT2D eigenvalue weighted by molar-refractivity contribution is 9.11. The number of benzene rings is 2. The van der Waals surface area contributed by atoms with Crippen molar-refractivity contribution in [1.29, 1.82) is 0 Å². The van der Waals surface area contributed by atoms with Gasteiger partial charge in [0.05, 0.1) is 8.95 Å². The average Bonchev–Trinajstić information content (AvgIpc) is 2.89. The summed E-state index contributed by atoms with van der Waals surface area (Å²) in [6.07, 6.45) is 0.0375. The molecule has 2 aromatic rings. The van der Waals surface area contributed by atoms with Gasteiger partial charge in [-0.25, -0.2) is 8.42 Å². The van der Waals surface area contributed by atoms with Gasteiger partial charge in [-0.05, 0) is 67.3 Å². The third-order valence-electron chi connectivity index (χ3n) is 4.97. The van der Waals surface area contributed by atoms with Crippen LogP contribution in [0.1, 0.15) is 11.1 Å². The van der Waals surface area contributed by atoms with Crippen molar-refractivity contribution in [3.63, 3.8) is 0 Å². The van der Waals surface area contributed by atoms with Crippen molar-refractivity contribution >= 4 is 75.7 Å². The van der Waals surface area contributed by atoms with E-state index in [1.54, 1.807) is 12.1 Å². The molecule has 0 aliphatic rings. The van der Waals surface area contributed by atoms with Crippen molar-refractivity contribution in [2.75, 3.05) is 24.6 Å². The van der Waals surface area contributed by atoms with Crippen LogP contribution in [0.4, 0.5) is 0 Å². The SMILES string of the molecule is O=NC(Cc1ccc(O)c(Br)c1)C(=O)NCCSSCCNC(=O)C(Cc1ccc(OS(=O)(=O)[O-])c(Br)c1)N=O. The first-order chi connectivity index (χ1) is 18.9. The Morgan fingerprint density at radius 3 is 1.80 bits per heavy atom. The number of carbonyl (C=O) groups is 2. The van der Waals surface area contributed by atoms with E-state index in [0.717, 1.165) is 0 Å². The molecule has 0 bridgehead atoms. The summed E-state index contributed by atoms with van der Waals surface area (Å²) in [6, 6.07) is 6.37. The van der Waals surface area contributed by atoms with Crippen LogP contribution in [0.2, 0.25) is 0 Å². The first-order valence-corrected chi connectivity index (χ1v) is 16.7. The van der Waals surface area contributed by atoms with E-state index in [1.165, 1.54) is 45.9 Å². The Kier molecular flexibility index (Phi) is 14.3. The molecule has 0 radical (unpaired) electrons. The molecular formula is C22H23Br2N4O9S3-. The van der Waals surface area contributed by atoms with Gasteiger partial charge >= 0.3 is 0 Å². The molecule has 0 aliphatic heterocycles. The lowest BCUT2D eigenvalue weighted by molar-refractivity contribution is -0.122. The number of rotatable bonds is 17. The third-order valence-corrected chi connectivity index (χ3v) is 9.02. The minimum absolute atomic E-state index is 0.0458. The van der Waals surface area contributed by atoms with Crippen molar-refractivity contribution in [2.45, 2.75) is 24.9 Å². The summed E-state index contributed by atoms with van der Waals surface area (Å²) in [5.41, 5.74) is 1.15. The molecule has 0 spiro atoms. The quantitative estimate of drug-likeness (QED) is 0.0704. The summed E-state index contributed by atoms with van der Waals surface area (Å²) in [7, 11) is -2.08. The minimum atomic E-state index is -4.95. The molecule has 2 amide bonds. The fourth-order valence-electron chi connectivity index (χ4n) is 3.11. The van der Waals surface area contributed by atoms with Gasteiger partial charge in [-0.2, -0.15) is 0 Å². The van der Waals surface area contributed by atoms with Crippen molar-refractivity contribution < 1.29 is 31.8 Å². The number of phenols is 1. The molecule has 218 valence electrons. The lowest BCUT2D eigenvalue weighted by Gasteiger charge is -2.13. The number of carbonyl (C=O) groups excluding carboxylic acids is 2. The van der Waals surface area contributed by atoms with Gasteiger partial charge < -0.3 is 24.5 Å². The van der Waals surface area contributed by atoms with Gasteiger partial charge in [-0.3, -0.25) is 9.59 Å². The summed E-state index contributed by atoms with van der Waals surface area (Å²) in [6.45, 7) is 0.553. The van der Waals surface area contributed by atoms with Crippen molar-refractivity contribution in [2.24, 2.45) is 10.4 Å². The molecule has 0 fully saturated rings. The highest BCUT2D eigenvalue weighted by Crippen LogP contribution is 2.28. The molecule has 2 atom stereocenters. The minimum Gasteiger partial charge on any atom is -0.716 e. The second-order valence-corrected chi connectivity index (χ2v) is 13.3. The molecule has 0 heterocycles. The second kappa shape index (κ2) is 16.9. The van der Waals surface area contributed by atoms with Crippen molar-refractivity contribution in [3.05, 3.63) is 66.3 Å². The first kappa shape index (κ1) is 34.0. The number of nitrogens with one attached hydrogen (secondary N) is 2. The Bertz CT molecular complexity index is 1320. The Morgan fingerprint density at radius 1 is 0.900 bits per heavy atom. The molecule has 2 aromatic carbocycles. The Labute approximate surface area is 254 Å². The molecule has 40 heavy (non-hydrogen) atoms. The summed E-state index contributed by atoms with van der Waals surface area (Å²) >= 11 is 6.25.